The van der Waals surface area contributed by atoms with E-state index in [0.29, 0.717) is 0 Å². The molecule has 126 valence electrons. The lowest BCUT2D eigenvalue weighted by molar-refractivity contribution is -0.157. The van der Waals surface area contributed by atoms with E-state index in [1.165, 1.54) is 0 Å². The van der Waals surface area contributed by atoms with Gasteiger partial charge in [0.2, 0.25) is 11.8 Å². The third-order valence-electron chi connectivity index (χ3n) is 4.96. The zero-order valence-corrected chi connectivity index (χ0v) is 12.8. The maximum Gasteiger partial charge on any atom is 0.307 e. The Hall–Kier alpha value is -2.70. The molecule has 1 heterocycles. The van der Waals surface area contributed by atoms with Crippen LogP contribution in [0, 0.1) is 23.7 Å². The fraction of sp³-hybridized carbons (Fsp3) is 0.412. The summed E-state index contributed by atoms with van der Waals surface area (Å²) in [7, 11) is 0. The third-order valence-corrected chi connectivity index (χ3v) is 4.96. The fourth-order valence-electron chi connectivity index (χ4n) is 3.81. The van der Waals surface area contributed by atoms with Crippen molar-refractivity contribution in [1.82, 2.24) is 4.90 Å². The lowest BCUT2D eigenvalue weighted by Crippen LogP contribution is -2.42. The van der Waals surface area contributed by atoms with Crippen LogP contribution in [0.4, 0.5) is 0 Å². The Bertz CT molecular complexity index is 660. The van der Waals surface area contributed by atoms with Crippen molar-refractivity contribution in [3.63, 3.8) is 0 Å². The number of hydrogen-bond acceptors (Lipinski definition) is 4. The monoisotopic (exact) mass is 331 g/mol. The fourth-order valence-corrected chi connectivity index (χ4v) is 3.81. The number of likely N-dealkylation sites (tertiary alicyclic amines) is 1. The van der Waals surface area contributed by atoms with Gasteiger partial charge in [-0.25, -0.2) is 0 Å². The quantitative estimate of drug-likeness (QED) is 0.796. The molecule has 1 aliphatic heterocycles. The number of carbonyl (C=O) groups is 4. The van der Waals surface area contributed by atoms with E-state index in [2.05, 4.69) is 0 Å². The SMILES string of the molecule is O=C(O)C1CCC(C(=O)O)C2C(=O)N(Cc3ccccc3)C(=O)C12. The standard InChI is InChI=1S/C17H17NO6/c19-14-12-10(16(21)22)6-7-11(17(23)24)13(12)15(20)18(14)8-9-4-2-1-3-5-9/h1-5,10-13H,6-8H2,(H,21,22)(H,23,24). The van der Waals surface area contributed by atoms with E-state index in [9.17, 15) is 29.4 Å². The van der Waals surface area contributed by atoms with Crippen molar-refractivity contribution in [1.29, 1.82) is 0 Å². The number of amides is 2. The highest BCUT2D eigenvalue weighted by atomic mass is 16.4. The van der Waals surface area contributed by atoms with Crippen LogP contribution in [0.3, 0.4) is 0 Å². The lowest BCUT2D eigenvalue weighted by Gasteiger charge is -2.31. The van der Waals surface area contributed by atoms with E-state index in [1.807, 2.05) is 0 Å². The molecule has 0 aromatic heterocycles. The summed E-state index contributed by atoms with van der Waals surface area (Å²) in [5, 5.41) is 18.7. The third kappa shape index (κ3) is 2.55. The Morgan fingerprint density at radius 1 is 0.917 bits per heavy atom. The van der Waals surface area contributed by atoms with Crippen molar-refractivity contribution in [2.24, 2.45) is 23.7 Å². The van der Waals surface area contributed by atoms with Gasteiger partial charge in [0.05, 0.1) is 30.2 Å². The van der Waals surface area contributed by atoms with Crippen molar-refractivity contribution < 1.29 is 29.4 Å². The van der Waals surface area contributed by atoms with Gasteiger partial charge in [-0.3, -0.25) is 24.1 Å². The molecule has 2 amide bonds. The summed E-state index contributed by atoms with van der Waals surface area (Å²) < 4.78 is 0. The second-order valence-electron chi connectivity index (χ2n) is 6.27. The summed E-state index contributed by atoms with van der Waals surface area (Å²) in [6, 6.07) is 8.86. The van der Waals surface area contributed by atoms with Crippen molar-refractivity contribution in [3.8, 4) is 0 Å². The second kappa shape index (κ2) is 6.07. The van der Waals surface area contributed by atoms with E-state index in [4.69, 9.17) is 0 Å². The molecule has 24 heavy (non-hydrogen) atoms. The van der Waals surface area contributed by atoms with Gasteiger partial charge in [-0.15, -0.1) is 0 Å². The molecule has 2 fully saturated rings. The Balaban J connectivity index is 1.94. The van der Waals surface area contributed by atoms with Gasteiger partial charge in [0, 0.05) is 0 Å². The summed E-state index contributed by atoms with van der Waals surface area (Å²) in [6.45, 7) is 0.0319. The van der Waals surface area contributed by atoms with Crippen LogP contribution in [0.25, 0.3) is 0 Å². The highest BCUT2D eigenvalue weighted by Gasteiger charge is 2.59. The molecule has 3 rings (SSSR count). The molecule has 4 atom stereocenters. The Kier molecular flexibility index (Phi) is 4.09. The number of carboxylic acid groups (broad SMARTS) is 2. The Morgan fingerprint density at radius 2 is 1.38 bits per heavy atom. The molecule has 2 aliphatic rings. The van der Waals surface area contributed by atoms with Crippen molar-refractivity contribution in [2.45, 2.75) is 19.4 Å². The molecule has 7 heteroatoms. The summed E-state index contributed by atoms with van der Waals surface area (Å²) in [4.78, 5) is 49.3. The van der Waals surface area contributed by atoms with Crippen molar-refractivity contribution in [3.05, 3.63) is 35.9 Å². The molecule has 7 nitrogen and oxygen atoms in total. The predicted octanol–water partition coefficient (Wildman–Crippen LogP) is 0.983. The van der Waals surface area contributed by atoms with E-state index in [-0.39, 0.29) is 19.4 Å². The van der Waals surface area contributed by atoms with Gasteiger partial charge < -0.3 is 10.2 Å². The topological polar surface area (TPSA) is 112 Å². The van der Waals surface area contributed by atoms with Crippen LogP contribution in [0.1, 0.15) is 18.4 Å². The largest absolute Gasteiger partial charge is 0.481 e. The van der Waals surface area contributed by atoms with Gasteiger partial charge >= 0.3 is 11.9 Å². The first-order chi connectivity index (χ1) is 11.4. The van der Waals surface area contributed by atoms with Crippen LogP contribution >= 0.6 is 0 Å². The molecule has 4 unspecified atom stereocenters. The molecule has 2 N–H and O–H groups in total. The number of aliphatic carboxylic acids is 2. The van der Waals surface area contributed by atoms with E-state index in [0.717, 1.165) is 10.5 Å². The first kappa shape index (κ1) is 16.2. The van der Waals surface area contributed by atoms with Crippen molar-refractivity contribution >= 4 is 23.8 Å². The first-order valence-electron chi connectivity index (χ1n) is 7.76. The minimum Gasteiger partial charge on any atom is -0.481 e. The van der Waals surface area contributed by atoms with E-state index >= 15 is 0 Å². The normalized spacial score (nSPS) is 29.4. The van der Waals surface area contributed by atoms with E-state index < -0.39 is 47.4 Å². The molecular weight excluding hydrogens is 314 g/mol. The van der Waals surface area contributed by atoms with Crippen LogP contribution in [0.15, 0.2) is 30.3 Å². The highest BCUT2D eigenvalue weighted by Crippen LogP contribution is 2.45. The maximum absolute atomic E-state index is 12.7. The van der Waals surface area contributed by atoms with Crippen LogP contribution < -0.4 is 0 Å². The minimum atomic E-state index is -1.16. The number of nitrogens with zero attached hydrogens (tertiary/aromatic N) is 1. The van der Waals surface area contributed by atoms with E-state index in [1.54, 1.807) is 30.3 Å². The molecule has 0 spiro atoms. The number of carboxylic acids is 2. The molecule has 1 saturated heterocycles. The number of rotatable bonds is 4. The molecule has 1 saturated carbocycles. The van der Waals surface area contributed by atoms with Gasteiger partial charge in [0.1, 0.15) is 0 Å². The Morgan fingerprint density at radius 3 is 1.79 bits per heavy atom. The number of imide groups is 1. The number of hydrogen-bond donors (Lipinski definition) is 2. The Labute approximate surface area is 137 Å². The van der Waals surface area contributed by atoms with Crippen molar-refractivity contribution in [2.75, 3.05) is 0 Å². The number of fused-ring (bicyclic) bond motifs is 1. The maximum atomic E-state index is 12.7. The average Bonchev–Trinajstić information content (AvgIpc) is 2.80. The molecule has 1 aromatic rings. The molecule has 0 radical (unpaired) electrons. The number of carbonyl (C=O) groups excluding carboxylic acids is 2. The predicted molar refractivity (Wildman–Crippen MR) is 80.5 cm³/mol. The van der Waals surface area contributed by atoms with Crippen LogP contribution in [-0.4, -0.2) is 38.9 Å². The highest BCUT2D eigenvalue weighted by molar-refractivity contribution is 6.08. The summed E-state index contributed by atoms with van der Waals surface area (Å²) in [6.07, 6.45) is 0.178. The first-order valence-corrected chi connectivity index (χ1v) is 7.76. The molecule has 1 aromatic carbocycles. The van der Waals surface area contributed by atoms with Crippen LogP contribution in [0.5, 0.6) is 0 Å². The van der Waals surface area contributed by atoms with Crippen LogP contribution in [-0.2, 0) is 25.7 Å². The molecule has 1 aliphatic carbocycles. The smallest absolute Gasteiger partial charge is 0.307 e. The molecule has 0 bridgehead atoms. The average molecular weight is 331 g/mol. The lowest BCUT2D eigenvalue weighted by atomic mass is 9.67. The van der Waals surface area contributed by atoms with Crippen LogP contribution in [0.2, 0.25) is 0 Å². The van der Waals surface area contributed by atoms with Gasteiger partial charge in [0.15, 0.2) is 0 Å². The van der Waals surface area contributed by atoms with Gasteiger partial charge in [-0.2, -0.15) is 0 Å². The van der Waals surface area contributed by atoms with Gasteiger partial charge in [0.25, 0.3) is 0 Å². The number of benzene rings is 1. The zero-order valence-electron chi connectivity index (χ0n) is 12.8. The summed E-state index contributed by atoms with van der Waals surface area (Å²) >= 11 is 0. The minimum absolute atomic E-state index is 0.0319. The summed E-state index contributed by atoms with van der Waals surface area (Å²) in [5.41, 5.74) is 0.733. The van der Waals surface area contributed by atoms with Gasteiger partial charge in [-0.1, -0.05) is 30.3 Å². The second-order valence-corrected chi connectivity index (χ2v) is 6.27. The zero-order chi connectivity index (χ0) is 17.4. The summed E-state index contributed by atoms with van der Waals surface area (Å²) in [5.74, 6) is -7.67. The van der Waals surface area contributed by atoms with Gasteiger partial charge in [-0.05, 0) is 18.4 Å². The molecular formula is C17H17NO6.